The van der Waals surface area contributed by atoms with Crippen LogP contribution in [0.3, 0.4) is 0 Å². The van der Waals surface area contributed by atoms with Gasteiger partial charge < -0.3 is 10.6 Å². The van der Waals surface area contributed by atoms with Gasteiger partial charge in [0.2, 0.25) is 5.91 Å². The Morgan fingerprint density at radius 3 is 2.11 bits per heavy atom. The number of nitrogens with zero attached hydrogens (tertiary/aromatic N) is 2. The summed E-state index contributed by atoms with van der Waals surface area (Å²) < 4.78 is 0. The van der Waals surface area contributed by atoms with Crippen molar-refractivity contribution in [1.82, 2.24) is 9.80 Å². The van der Waals surface area contributed by atoms with E-state index < -0.39 is 5.41 Å². The van der Waals surface area contributed by atoms with Gasteiger partial charge in [-0.3, -0.25) is 9.69 Å². The molecule has 1 aliphatic carbocycles. The summed E-state index contributed by atoms with van der Waals surface area (Å²) in [6.45, 7) is 5.88. The van der Waals surface area contributed by atoms with Crippen molar-refractivity contribution in [2.24, 2.45) is 11.1 Å². The molecular formula is C13H23N3OS. The Kier molecular flexibility index (Phi) is 3.65. The second-order valence-corrected chi connectivity index (χ2v) is 6.31. The summed E-state index contributed by atoms with van der Waals surface area (Å²) in [6.07, 6.45) is 2.72. The van der Waals surface area contributed by atoms with E-state index in [1.54, 1.807) is 0 Å². The highest BCUT2D eigenvalue weighted by molar-refractivity contribution is 7.80. The lowest BCUT2D eigenvalue weighted by molar-refractivity contribution is -0.146. The minimum atomic E-state index is -0.523. The SMILES string of the molecule is CC1CN(C(=O)C2(C(N)=S)CCC2)CC(C)N1C. The van der Waals surface area contributed by atoms with E-state index in [1.165, 1.54) is 0 Å². The van der Waals surface area contributed by atoms with Crippen LogP contribution in [0.1, 0.15) is 33.1 Å². The standard InChI is InChI=1S/C13H23N3OS/c1-9-7-16(8-10(2)15(9)3)12(17)13(11(14)18)5-4-6-13/h9-10H,4-8H2,1-3H3,(H2,14,18). The Bertz CT molecular complexity index is 355. The number of thiocarbonyl (C=S) groups is 1. The van der Waals surface area contributed by atoms with Gasteiger partial charge in [0.1, 0.15) is 0 Å². The largest absolute Gasteiger partial charge is 0.392 e. The summed E-state index contributed by atoms with van der Waals surface area (Å²) in [5.74, 6) is 0.160. The zero-order valence-corrected chi connectivity index (χ0v) is 12.3. The van der Waals surface area contributed by atoms with Crippen LogP contribution < -0.4 is 5.73 Å². The predicted octanol–water partition coefficient (Wildman–Crippen LogP) is 0.994. The average Bonchev–Trinajstić information content (AvgIpc) is 2.22. The normalized spacial score (nSPS) is 31.8. The van der Waals surface area contributed by atoms with E-state index >= 15 is 0 Å². The number of amides is 1. The number of carbonyl (C=O) groups is 1. The smallest absolute Gasteiger partial charge is 0.235 e. The van der Waals surface area contributed by atoms with E-state index in [9.17, 15) is 4.79 Å². The Morgan fingerprint density at radius 2 is 1.78 bits per heavy atom. The van der Waals surface area contributed by atoms with Gasteiger partial charge in [-0.2, -0.15) is 0 Å². The maximum Gasteiger partial charge on any atom is 0.235 e. The van der Waals surface area contributed by atoms with E-state index in [1.807, 2.05) is 4.90 Å². The first-order valence-corrected chi connectivity index (χ1v) is 7.10. The van der Waals surface area contributed by atoms with Crippen LogP contribution in [0, 0.1) is 5.41 Å². The maximum atomic E-state index is 12.7. The van der Waals surface area contributed by atoms with Crippen LogP contribution in [-0.4, -0.2) is 52.9 Å². The molecule has 1 saturated carbocycles. The Hall–Kier alpha value is -0.680. The van der Waals surface area contributed by atoms with Gasteiger partial charge in [-0.15, -0.1) is 0 Å². The third-order valence-electron chi connectivity index (χ3n) is 4.74. The van der Waals surface area contributed by atoms with Crippen molar-refractivity contribution < 1.29 is 4.79 Å². The lowest BCUT2D eigenvalue weighted by Gasteiger charge is -2.48. The number of likely N-dealkylation sites (N-methyl/N-ethyl adjacent to an activating group) is 1. The summed E-state index contributed by atoms with van der Waals surface area (Å²) in [7, 11) is 2.11. The quantitative estimate of drug-likeness (QED) is 0.760. The Morgan fingerprint density at radius 1 is 1.28 bits per heavy atom. The molecule has 102 valence electrons. The van der Waals surface area contributed by atoms with Crippen molar-refractivity contribution in [1.29, 1.82) is 0 Å². The summed E-state index contributed by atoms with van der Waals surface area (Å²) in [5, 5.41) is 0. The van der Waals surface area contributed by atoms with E-state index in [0.717, 1.165) is 32.4 Å². The third kappa shape index (κ3) is 2.03. The van der Waals surface area contributed by atoms with Gasteiger partial charge in [-0.05, 0) is 33.7 Å². The molecule has 0 aromatic rings. The van der Waals surface area contributed by atoms with E-state index in [0.29, 0.717) is 17.1 Å². The summed E-state index contributed by atoms with van der Waals surface area (Å²) in [6, 6.07) is 0.780. The second kappa shape index (κ2) is 4.78. The molecular weight excluding hydrogens is 246 g/mol. The first-order chi connectivity index (χ1) is 8.38. The van der Waals surface area contributed by atoms with Crippen molar-refractivity contribution in [2.45, 2.75) is 45.2 Å². The molecule has 1 amide bonds. The molecule has 2 fully saturated rings. The Balaban J connectivity index is 2.12. The van der Waals surface area contributed by atoms with Gasteiger partial charge in [0, 0.05) is 25.2 Å². The molecule has 5 heteroatoms. The van der Waals surface area contributed by atoms with Gasteiger partial charge in [0.15, 0.2) is 0 Å². The zero-order chi connectivity index (χ0) is 13.5. The highest BCUT2D eigenvalue weighted by Gasteiger charge is 2.49. The number of hydrogen-bond acceptors (Lipinski definition) is 3. The molecule has 0 aromatic carbocycles. The number of nitrogens with two attached hydrogens (primary N) is 1. The fourth-order valence-electron chi connectivity index (χ4n) is 2.97. The van der Waals surface area contributed by atoms with Gasteiger partial charge in [-0.25, -0.2) is 0 Å². The van der Waals surface area contributed by atoms with Gasteiger partial charge in [-0.1, -0.05) is 18.6 Å². The van der Waals surface area contributed by atoms with Gasteiger partial charge in [0.05, 0.1) is 10.4 Å². The highest BCUT2D eigenvalue weighted by atomic mass is 32.1. The molecule has 1 aliphatic heterocycles. The molecule has 2 N–H and O–H groups in total. The fraction of sp³-hybridized carbons (Fsp3) is 0.846. The monoisotopic (exact) mass is 269 g/mol. The molecule has 18 heavy (non-hydrogen) atoms. The Labute approximate surface area is 114 Å². The topological polar surface area (TPSA) is 49.6 Å². The minimum Gasteiger partial charge on any atom is -0.392 e. The second-order valence-electron chi connectivity index (χ2n) is 5.87. The van der Waals surface area contributed by atoms with E-state index in [4.69, 9.17) is 18.0 Å². The van der Waals surface area contributed by atoms with Crippen LogP contribution in [-0.2, 0) is 4.79 Å². The van der Waals surface area contributed by atoms with Crippen molar-refractivity contribution in [3.05, 3.63) is 0 Å². The van der Waals surface area contributed by atoms with Crippen LogP contribution >= 0.6 is 12.2 Å². The van der Waals surface area contributed by atoms with Gasteiger partial charge in [0.25, 0.3) is 0 Å². The van der Waals surface area contributed by atoms with Gasteiger partial charge >= 0.3 is 0 Å². The van der Waals surface area contributed by atoms with Crippen LogP contribution in [0.2, 0.25) is 0 Å². The molecule has 2 atom stereocenters. The molecule has 2 rings (SSSR count). The van der Waals surface area contributed by atoms with Crippen molar-refractivity contribution in [2.75, 3.05) is 20.1 Å². The first-order valence-electron chi connectivity index (χ1n) is 6.69. The number of hydrogen-bond donors (Lipinski definition) is 1. The third-order valence-corrected chi connectivity index (χ3v) is 5.13. The highest BCUT2D eigenvalue weighted by Crippen LogP contribution is 2.43. The molecule has 2 aliphatic rings. The predicted molar refractivity (Wildman–Crippen MR) is 76.3 cm³/mol. The number of carbonyl (C=O) groups excluding carboxylic acids is 1. The lowest BCUT2D eigenvalue weighted by Crippen LogP contribution is -2.62. The van der Waals surface area contributed by atoms with Crippen LogP contribution in [0.5, 0.6) is 0 Å². The average molecular weight is 269 g/mol. The van der Waals surface area contributed by atoms with Crippen LogP contribution in [0.25, 0.3) is 0 Å². The molecule has 0 spiro atoms. The van der Waals surface area contributed by atoms with Crippen molar-refractivity contribution >= 4 is 23.1 Å². The van der Waals surface area contributed by atoms with Crippen molar-refractivity contribution in [3.8, 4) is 0 Å². The van der Waals surface area contributed by atoms with Crippen LogP contribution in [0.15, 0.2) is 0 Å². The molecule has 1 saturated heterocycles. The molecule has 1 heterocycles. The zero-order valence-electron chi connectivity index (χ0n) is 11.5. The molecule has 2 unspecified atom stereocenters. The van der Waals surface area contributed by atoms with Crippen LogP contribution in [0.4, 0.5) is 0 Å². The molecule has 0 radical (unpaired) electrons. The minimum absolute atomic E-state index is 0.160. The summed E-state index contributed by atoms with van der Waals surface area (Å²) >= 11 is 5.13. The first kappa shape index (κ1) is 13.7. The number of rotatable bonds is 2. The maximum absolute atomic E-state index is 12.7. The van der Waals surface area contributed by atoms with E-state index in [2.05, 4.69) is 25.8 Å². The molecule has 0 aromatic heterocycles. The lowest BCUT2D eigenvalue weighted by atomic mass is 9.67. The fourth-order valence-corrected chi connectivity index (χ4v) is 3.26. The molecule has 4 nitrogen and oxygen atoms in total. The number of piperazine rings is 1. The summed E-state index contributed by atoms with van der Waals surface area (Å²) in [4.78, 5) is 17.4. The summed E-state index contributed by atoms with van der Waals surface area (Å²) in [5.41, 5.74) is 5.29. The van der Waals surface area contributed by atoms with E-state index in [-0.39, 0.29) is 5.91 Å². The molecule has 0 bridgehead atoms. The van der Waals surface area contributed by atoms with Crippen molar-refractivity contribution in [3.63, 3.8) is 0 Å².